The Hall–Kier alpha value is -3.97. The van der Waals surface area contributed by atoms with Gasteiger partial charge in [0.15, 0.2) is 0 Å². The summed E-state index contributed by atoms with van der Waals surface area (Å²) in [7, 11) is 0. The Morgan fingerprint density at radius 2 is 0.914 bits per heavy atom. The first-order valence-corrected chi connectivity index (χ1v) is 11.5. The Morgan fingerprint density at radius 3 is 1.31 bits per heavy atom. The summed E-state index contributed by atoms with van der Waals surface area (Å²) in [4.78, 5) is 40.0. The number of anilines is 3. The highest BCUT2D eigenvalue weighted by Gasteiger charge is 2.20. The molecule has 0 atom stereocenters. The summed E-state index contributed by atoms with van der Waals surface area (Å²) in [6.07, 6.45) is 0. The number of nitrogens with one attached hydrogen (secondary N) is 3. The lowest BCUT2D eigenvalue weighted by molar-refractivity contribution is -0.122. The Morgan fingerprint density at radius 1 is 0.543 bits per heavy atom. The molecule has 0 aliphatic heterocycles. The Labute approximate surface area is 206 Å². The molecule has 7 nitrogen and oxygen atoms in total. The van der Waals surface area contributed by atoms with E-state index in [4.69, 9.17) is 0 Å². The maximum absolute atomic E-state index is 12.9. The number of amides is 3. The Bertz CT molecular complexity index is 1100. The molecule has 0 aliphatic carbocycles. The predicted octanol–water partition coefficient (Wildman–Crippen LogP) is 4.44. The molecule has 7 heteroatoms. The molecule has 3 rings (SSSR count). The van der Waals surface area contributed by atoms with Crippen LogP contribution in [0.4, 0.5) is 17.1 Å². The molecule has 0 aromatic heterocycles. The van der Waals surface area contributed by atoms with Crippen LogP contribution in [-0.2, 0) is 14.4 Å². The minimum Gasteiger partial charge on any atom is -0.325 e. The van der Waals surface area contributed by atoms with Gasteiger partial charge < -0.3 is 16.0 Å². The highest BCUT2D eigenvalue weighted by atomic mass is 16.2. The van der Waals surface area contributed by atoms with Crippen LogP contribution in [0.25, 0.3) is 0 Å². The molecule has 182 valence electrons. The highest BCUT2D eigenvalue weighted by Crippen LogP contribution is 2.20. The van der Waals surface area contributed by atoms with E-state index in [2.05, 4.69) is 16.0 Å². The molecule has 0 radical (unpaired) electrons. The highest BCUT2D eigenvalue weighted by molar-refractivity contribution is 5.98. The van der Waals surface area contributed by atoms with Crippen molar-refractivity contribution in [3.8, 4) is 0 Å². The van der Waals surface area contributed by atoms with Gasteiger partial charge in [-0.25, -0.2) is 0 Å². The lowest BCUT2D eigenvalue weighted by atomic mass is 10.1. The van der Waals surface area contributed by atoms with Crippen molar-refractivity contribution in [2.24, 2.45) is 0 Å². The number of hydrogen-bond acceptors (Lipinski definition) is 4. The van der Waals surface area contributed by atoms with Crippen LogP contribution in [0.15, 0.2) is 66.7 Å². The average Bonchev–Trinajstić information content (AvgIpc) is 2.79. The third kappa shape index (κ3) is 7.52. The molecule has 0 heterocycles. The van der Waals surface area contributed by atoms with Crippen molar-refractivity contribution in [2.75, 3.05) is 35.6 Å². The van der Waals surface area contributed by atoms with Crippen LogP contribution in [0.2, 0.25) is 0 Å². The third-order valence-electron chi connectivity index (χ3n) is 5.65. The maximum atomic E-state index is 12.9. The molecule has 0 saturated carbocycles. The van der Waals surface area contributed by atoms with E-state index >= 15 is 0 Å². The maximum Gasteiger partial charge on any atom is 0.238 e. The van der Waals surface area contributed by atoms with Crippen molar-refractivity contribution in [3.63, 3.8) is 0 Å². The first-order valence-electron chi connectivity index (χ1n) is 11.5. The first kappa shape index (κ1) is 25.6. The van der Waals surface area contributed by atoms with E-state index in [1.807, 2.05) is 82.3 Å². The number of para-hydroxylation sites is 3. The SMILES string of the molecule is Cc1cccc(C)c1NC(=O)CN(CC(=O)Nc1ccccc1)CC(=O)Nc1c(C)cccc1C. The van der Waals surface area contributed by atoms with Crippen molar-refractivity contribution >= 4 is 34.8 Å². The van der Waals surface area contributed by atoms with Gasteiger partial charge in [0.2, 0.25) is 17.7 Å². The molecule has 0 spiro atoms. The fourth-order valence-corrected chi connectivity index (χ4v) is 3.88. The second-order valence-corrected chi connectivity index (χ2v) is 8.69. The lowest BCUT2D eigenvalue weighted by Crippen LogP contribution is -2.43. The molecule has 0 fully saturated rings. The molecule has 0 saturated heterocycles. The molecule has 3 N–H and O–H groups in total. The van der Waals surface area contributed by atoms with Gasteiger partial charge in [-0.2, -0.15) is 0 Å². The summed E-state index contributed by atoms with van der Waals surface area (Å²) in [5.74, 6) is -0.902. The normalized spacial score (nSPS) is 10.7. The fourth-order valence-electron chi connectivity index (χ4n) is 3.88. The number of hydrogen-bond donors (Lipinski definition) is 3. The molecule has 35 heavy (non-hydrogen) atoms. The number of benzene rings is 3. The molecule has 0 bridgehead atoms. The minimum absolute atomic E-state index is 0.115. The fraction of sp³-hybridized carbons (Fsp3) is 0.250. The summed E-state index contributed by atoms with van der Waals surface area (Å²) in [6.45, 7) is 7.34. The summed E-state index contributed by atoms with van der Waals surface area (Å²) in [5, 5.41) is 8.67. The molecule has 3 amide bonds. The van der Waals surface area contributed by atoms with Crippen molar-refractivity contribution in [3.05, 3.63) is 89.0 Å². The molecular formula is C28H32N4O3. The van der Waals surface area contributed by atoms with Crippen molar-refractivity contribution in [2.45, 2.75) is 27.7 Å². The van der Waals surface area contributed by atoms with Crippen LogP contribution in [0.1, 0.15) is 22.3 Å². The lowest BCUT2D eigenvalue weighted by Gasteiger charge is -2.22. The van der Waals surface area contributed by atoms with E-state index in [9.17, 15) is 14.4 Å². The summed E-state index contributed by atoms with van der Waals surface area (Å²) < 4.78 is 0. The van der Waals surface area contributed by atoms with Gasteiger partial charge in [0.05, 0.1) is 19.6 Å². The van der Waals surface area contributed by atoms with Gasteiger partial charge in [0.1, 0.15) is 0 Å². The first-order chi connectivity index (χ1) is 16.7. The average molecular weight is 473 g/mol. The van der Waals surface area contributed by atoms with Crippen molar-refractivity contribution in [1.29, 1.82) is 0 Å². The molecular weight excluding hydrogens is 440 g/mol. The monoisotopic (exact) mass is 472 g/mol. The van der Waals surface area contributed by atoms with E-state index in [-0.39, 0.29) is 37.4 Å². The number of rotatable bonds is 9. The number of carbonyl (C=O) groups excluding carboxylic acids is 3. The Balaban J connectivity index is 1.72. The van der Waals surface area contributed by atoms with Crippen LogP contribution in [0, 0.1) is 27.7 Å². The van der Waals surface area contributed by atoms with E-state index in [0.29, 0.717) is 5.69 Å². The molecule has 0 aliphatic rings. The number of carbonyl (C=O) groups is 3. The quantitative estimate of drug-likeness (QED) is 0.430. The Kier molecular flexibility index (Phi) is 8.75. The van der Waals surface area contributed by atoms with Gasteiger partial charge in [-0.3, -0.25) is 19.3 Å². The van der Waals surface area contributed by atoms with E-state index in [0.717, 1.165) is 33.6 Å². The second-order valence-electron chi connectivity index (χ2n) is 8.69. The number of aryl methyl sites for hydroxylation is 4. The van der Waals surface area contributed by atoms with E-state index in [1.165, 1.54) is 4.90 Å². The van der Waals surface area contributed by atoms with Gasteiger partial charge in [-0.15, -0.1) is 0 Å². The summed E-state index contributed by atoms with van der Waals surface area (Å²) in [5.41, 5.74) is 5.91. The van der Waals surface area contributed by atoms with Crippen LogP contribution in [0.3, 0.4) is 0 Å². The van der Waals surface area contributed by atoms with Crippen LogP contribution < -0.4 is 16.0 Å². The van der Waals surface area contributed by atoms with Crippen LogP contribution in [0.5, 0.6) is 0 Å². The molecule has 3 aromatic rings. The zero-order valence-corrected chi connectivity index (χ0v) is 20.6. The van der Waals surface area contributed by atoms with Gasteiger partial charge in [0.25, 0.3) is 0 Å². The standard InChI is InChI=1S/C28H32N4O3/c1-19-10-8-11-20(2)27(19)30-25(34)17-32(16-24(33)29-23-14-6-5-7-15-23)18-26(35)31-28-21(3)12-9-13-22(28)4/h5-15H,16-18H2,1-4H3,(H,29,33)(H,30,34)(H,31,35). The van der Waals surface area contributed by atoms with Crippen molar-refractivity contribution < 1.29 is 14.4 Å². The second kappa shape index (κ2) is 11.9. The largest absolute Gasteiger partial charge is 0.325 e. The summed E-state index contributed by atoms with van der Waals surface area (Å²) in [6, 6.07) is 20.6. The predicted molar refractivity (Wildman–Crippen MR) is 141 cm³/mol. The zero-order valence-electron chi connectivity index (χ0n) is 20.6. The molecule has 0 unspecified atom stereocenters. The topological polar surface area (TPSA) is 90.5 Å². The van der Waals surface area contributed by atoms with E-state index < -0.39 is 0 Å². The number of nitrogens with zero attached hydrogens (tertiary/aromatic N) is 1. The van der Waals surface area contributed by atoms with Gasteiger partial charge in [0, 0.05) is 17.1 Å². The third-order valence-corrected chi connectivity index (χ3v) is 5.65. The van der Waals surface area contributed by atoms with Crippen molar-refractivity contribution in [1.82, 2.24) is 4.90 Å². The molecule has 3 aromatic carbocycles. The van der Waals surface area contributed by atoms with Gasteiger partial charge in [-0.05, 0) is 62.1 Å². The summed E-state index contributed by atoms with van der Waals surface area (Å²) >= 11 is 0. The minimum atomic E-state index is -0.309. The zero-order chi connectivity index (χ0) is 25.4. The van der Waals surface area contributed by atoms with Crippen LogP contribution >= 0.6 is 0 Å². The smallest absolute Gasteiger partial charge is 0.238 e. The van der Waals surface area contributed by atoms with E-state index in [1.54, 1.807) is 12.1 Å². The van der Waals surface area contributed by atoms with Gasteiger partial charge >= 0.3 is 0 Å². The van der Waals surface area contributed by atoms with Crippen LogP contribution in [-0.4, -0.2) is 42.3 Å². The van der Waals surface area contributed by atoms with Gasteiger partial charge in [-0.1, -0.05) is 54.6 Å².